The third kappa shape index (κ3) is 3.34. The maximum atomic E-state index is 6.06. The predicted octanol–water partition coefficient (Wildman–Crippen LogP) is 3.27. The van der Waals surface area contributed by atoms with Crippen molar-refractivity contribution < 1.29 is 0 Å². The lowest BCUT2D eigenvalue weighted by atomic mass is 10.1. The van der Waals surface area contributed by atoms with Gasteiger partial charge in [-0.1, -0.05) is 25.4 Å². The summed E-state index contributed by atoms with van der Waals surface area (Å²) >= 11 is 6.06. The SMILES string of the molecule is CC(C)CNCc1cc(Cl)ccc1-n1cccn1. The molecule has 96 valence electrons. The first-order chi connectivity index (χ1) is 8.66. The molecule has 1 aromatic carbocycles. The van der Waals surface area contributed by atoms with Crippen LogP contribution >= 0.6 is 11.6 Å². The number of aromatic nitrogens is 2. The minimum atomic E-state index is 0.636. The lowest BCUT2D eigenvalue weighted by Crippen LogP contribution is -2.20. The third-order valence-corrected chi connectivity index (χ3v) is 2.90. The van der Waals surface area contributed by atoms with E-state index in [9.17, 15) is 0 Å². The zero-order valence-electron chi connectivity index (χ0n) is 10.7. The van der Waals surface area contributed by atoms with Gasteiger partial charge in [-0.15, -0.1) is 0 Å². The van der Waals surface area contributed by atoms with Crippen molar-refractivity contribution in [2.75, 3.05) is 6.54 Å². The van der Waals surface area contributed by atoms with E-state index >= 15 is 0 Å². The summed E-state index contributed by atoms with van der Waals surface area (Å²) in [5, 5.41) is 8.45. The highest BCUT2D eigenvalue weighted by Gasteiger charge is 2.06. The molecule has 18 heavy (non-hydrogen) atoms. The van der Waals surface area contributed by atoms with Crippen molar-refractivity contribution in [3.05, 3.63) is 47.2 Å². The summed E-state index contributed by atoms with van der Waals surface area (Å²) in [6, 6.07) is 7.80. The van der Waals surface area contributed by atoms with E-state index in [2.05, 4.69) is 24.3 Å². The zero-order valence-corrected chi connectivity index (χ0v) is 11.5. The van der Waals surface area contributed by atoms with Crippen molar-refractivity contribution in [1.29, 1.82) is 0 Å². The Bertz CT molecular complexity index is 492. The fraction of sp³-hybridized carbons (Fsp3) is 0.357. The molecule has 0 atom stereocenters. The zero-order chi connectivity index (χ0) is 13.0. The fourth-order valence-electron chi connectivity index (χ4n) is 1.83. The van der Waals surface area contributed by atoms with Crippen molar-refractivity contribution in [3.8, 4) is 5.69 Å². The van der Waals surface area contributed by atoms with Gasteiger partial charge in [-0.25, -0.2) is 4.68 Å². The molecule has 2 rings (SSSR count). The Morgan fingerprint density at radius 2 is 2.22 bits per heavy atom. The van der Waals surface area contributed by atoms with Gasteiger partial charge in [0.05, 0.1) is 5.69 Å². The summed E-state index contributed by atoms with van der Waals surface area (Å²) in [7, 11) is 0. The van der Waals surface area contributed by atoms with Crippen LogP contribution in [-0.4, -0.2) is 16.3 Å². The molecule has 3 nitrogen and oxygen atoms in total. The van der Waals surface area contributed by atoms with Crippen molar-refractivity contribution >= 4 is 11.6 Å². The van der Waals surface area contributed by atoms with Crippen LogP contribution < -0.4 is 5.32 Å². The summed E-state index contributed by atoms with van der Waals surface area (Å²) in [4.78, 5) is 0. The molecule has 2 aromatic rings. The monoisotopic (exact) mass is 263 g/mol. The molecule has 1 heterocycles. The highest BCUT2D eigenvalue weighted by atomic mass is 35.5. The fourth-order valence-corrected chi connectivity index (χ4v) is 2.02. The van der Waals surface area contributed by atoms with Gasteiger partial charge in [0.1, 0.15) is 0 Å². The molecule has 0 unspecified atom stereocenters. The van der Waals surface area contributed by atoms with E-state index in [4.69, 9.17) is 11.6 Å². The highest BCUT2D eigenvalue weighted by molar-refractivity contribution is 6.30. The highest BCUT2D eigenvalue weighted by Crippen LogP contribution is 2.19. The minimum absolute atomic E-state index is 0.636. The van der Waals surface area contributed by atoms with Gasteiger partial charge in [-0.05, 0) is 42.3 Å². The molecular weight excluding hydrogens is 246 g/mol. The summed E-state index contributed by atoms with van der Waals surface area (Å²) in [5.74, 6) is 0.636. The standard InChI is InChI=1S/C14H18ClN3/c1-11(2)9-16-10-12-8-13(15)4-5-14(12)18-7-3-6-17-18/h3-8,11,16H,9-10H2,1-2H3. The van der Waals surface area contributed by atoms with Crippen LogP contribution in [0.2, 0.25) is 5.02 Å². The largest absolute Gasteiger partial charge is 0.312 e. The van der Waals surface area contributed by atoms with Gasteiger partial charge in [-0.2, -0.15) is 5.10 Å². The van der Waals surface area contributed by atoms with E-state index in [-0.39, 0.29) is 0 Å². The molecule has 1 aromatic heterocycles. The van der Waals surface area contributed by atoms with Crippen LogP contribution in [0.5, 0.6) is 0 Å². The Morgan fingerprint density at radius 1 is 1.39 bits per heavy atom. The van der Waals surface area contributed by atoms with Crippen LogP contribution in [0.4, 0.5) is 0 Å². The Morgan fingerprint density at radius 3 is 2.89 bits per heavy atom. The third-order valence-electron chi connectivity index (χ3n) is 2.66. The topological polar surface area (TPSA) is 29.9 Å². The van der Waals surface area contributed by atoms with Crippen LogP contribution in [0.15, 0.2) is 36.7 Å². The molecule has 4 heteroatoms. The summed E-state index contributed by atoms with van der Waals surface area (Å²) in [6.45, 7) is 6.18. The molecule has 0 saturated heterocycles. The van der Waals surface area contributed by atoms with Gasteiger partial charge in [0.15, 0.2) is 0 Å². The minimum Gasteiger partial charge on any atom is -0.312 e. The van der Waals surface area contributed by atoms with Gasteiger partial charge >= 0.3 is 0 Å². The van der Waals surface area contributed by atoms with Gasteiger partial charge in [0.2, 0.25) is 0 Å². The molecule has 1 N–H and O–H groups in total. The number of hydrogen-bond donors (Lipinski definition) is 1. The van der Waals surface area contributed by atoms with Crippen molar-refractivity contribution in [1.82, 2.24) is 15.1 Å². The summed E-state index contributed by atoms with van der Waals surface area (Å²) < 4.78 is 1.86. The van der Waals surface area contributed by atoms with Crippen LogP contribution in [0.1, 0.15) is 19.4 Å². The molecule has 0 fully saturated rings. The van der Waals surface area contributed by atoms with Crippen LogP contribution in [0, 0.1) is 5.92 Å². The molecule has 0 saturated carbocycles. The molecule has 0 radical (unpaired) electrons. The average Bonchev–Trinajstić information content (AvgIpc) is 2.82. The molecule has 0 aliphatic heterocycles. The number of halogens is 1. The Balaban J connectivity index is 2.19. The number of hydrogen-bond acceptors (Lipinski definition) is 2. The normalized spacial score (nSPS) is 11.1. The second-order valence-corrected chi connectivity index (χ2v) is 5.18. The predicted molar refractivity (Wildman–Crippen MR) is 75.1 cm³/mol. The quantitative estimate of drug-likeness (QED) is 0.897. The Labute approximate surface area is 113 Å². The van der Waals surface area contributed by atoms with Crippen molar-refractivity contribution in [2.45, 2.75) is 20.4 Å². The van der Waals surface area contributed by atoms with Gasteiger partial charge in [0, 0.05) is 24.0 Å². The Kier molecular flexibility index (Phi) is 4.39. The number of nitrogens with one attached hydrogen (secondary N) is 1. The first-order valence-corrected chi connectivity index (χ1v) is 6.54. The maximum absolute atomic E-state index is 6.06. The second kappa shape index (κ2) is 6.03. The second-order valence-electron chi connectivity index (χ2n) is 4.75. The van der Waals surface area contributed by atoms with E-state index in [1.807, 2.05) is 35.1 Å². The van der Waals surface area contributed by atoms with E-state index < -0.39 is 0 Å². The van der Waals surface area contributed by atoms with E-state index in [0.29, 0.717) is 5.92 Å². The maximum Gasteiger partial charge on any atom is 0.0691 e. The molecule has 0 aliphatic carbocycles. The lowest BCUT2D eigenvalue weighted by molar-refractivity contribution is 0.551. The number of rotatable bonds is 5. The number of nitrogens with zero attached hydrogens (tertiary/aromatic N) is 2. The average molecular weight is 264 g/mol. The molecule has 0 bridgehead atoms. The smallest absolute Gasteiger partial charge is 0.0691 e. The van der Waals surface area contributed by atoms with Crippen LogP contribution in [-0.2, 0) is 6.54 Å². The molecular formula is C14H18ClN3. The summed E-state index contributed by atoms with van der Waals surface area (Å²) in [5.41, 5.74) is 2.23. The number of benzene rings is 1. The van der Waals surface area contributed by atoms with E-state index in [1.165, 1.54) is 0 Å². The van der Waals surface area contributed by atoms with Gasteiger partial charge in [-0.3, -0.25) is 0 Å². The van der Waals surface area contributed by atoms with Crippen molar-refractivity contribution in [3.63, 3.8) is 0 Å². The van der Waals surface area contributed by atoms with Crippen molar-refractivity contribution in [2.24, 2.45) is 5.92 Å². The molecule has 0 aliphatic rings. The molecule has 0 amide bonds. The summed E-state index contributed by atoms with van der Waals surface area (Å²) in [6.07, 6.45) is 3.72. The Hall–Kier alpha value is -1.32. The lowest BCUT2D eigenvalue weighted by Gasteiger charge is -2.12. The first kappa shape index (κ1) is 13.1. The van der Waals surface area contributed by atoms with Gasteiger partial charge < -0.3 is 5.32 Å². The van der Waals surface area contributed by atoms with E-state index in [0.717, 1.165) is 29.4 Å². The van der Waals surface area contributed by atoms with E-state index in [1.54, 1.807) is 6.20 Å². The van der Waals surface area contributed by atoms with Crippen LogP contribution in [0.25, 0.3) is 5.69 Å². The first-order valence-electron chi connectivity index (χ1n) is 6.16. The van der Waals surface area contributed by atoms with Crippen LogP contribution in [0.3, 0.4) is 0 Å². The molecule has 0 spiro atoms. The van der Waals surface area contributed by atoms with Gasteiger partial charge in [0.25, 0.3) is 0 Å².